The number of benzene rings is 1. The lowest BCUT2D eigenvalue weighted by Gasteiger charge is -2.18. The molecule has 1 unspecified atom stereocenters. The summed E-state index contributed by atoms with van der Waals surface area (Å²) in [6, 6.07) is 6.58. The van der Waals surface area contributed by atoms with E-state index >= 15 is 0 Å². The Kier molecular flexibility index (Phi) is 6.99. The highest BCUT2D eigenvalue weighted by atomic mass is 127. The molecule has 0 fully saturated rings. The van der Waals surface area contributed by atoms with Crippen molar-refractivity contribution in [3.63, 3.8) is 0 Å². The van der Waals surface area contributed by atoms with Gasteiger partial charge < -0.3 is 0 Å². The molecule has 0 amide bonds. The summed E-state index contributed by atoms with van der Waals surface area (Å²) in [6.07, 6.45) is 3.54. The quantitative estimate of drug-likeness (QED) is 0.414. The van der Waals surface area contributed by atoms with E-state index in [4.69, 9.17) is 5.84 Å². The van der Waals surface area contributed by atoms with Crippen molar-refractivity contribution < 1.29 is 0 Å². The minimum absolute atomic E-state index is 0.248. The van der Waals surface area contributed by atoms with Gasteiger partial charge in [-0.15, -0.1) is 0 Å². The monoisotopic (exact) mass is 410 g/mol. The van der Waals surface area contributed by atoms with Crippen LogP contribution in [0.2, 0.25) is 0 Å². The maximum atomic E-state index is 5.67. The number of hydrogen-bond donors (Lipinski definition) is 2. The molecule has 0 aliphatic rings. The molecular formula is C13H20BrIN2. The Morgan fingerprint density at radius 1 is 1.35 bits per heavy atom. The Morgan fingerprint density at radius 3 is 2.65 bits per heavy atom. The van der Waals surface area contributed by atoms with E-state index in [1.54, 1.807) is 0 Å². The van der Waals surface area contributed by atoms with Crippen molar-refractivity contribution in [2.45, 2.75) is 39.2 Å². The van der Waals surface area contributed by atoms with Gasteiger partial charge in [0, 0.05) is 14.1 Å². The molecule has 96 valence electrons. The molecule has 4 heteroatoms. The number of hydrogen-bond acceptors (Lipinski definition) is 2. The van der Waals surface area contributed by atoms with Crippen LogP contribution < -0.4 is 11.3 Å². The van der Waals surface area contributed by atoms with Gasteiger partial charge >= 0.3 is 0 Å². The number of hydrazine groups is 1. The van der Waals surface area contributed by atoms with Gasteiger partial charge in [0.1, 0.15) is 0 Å². The molecule has 0 aromatic heterocycles. The van der Waals surface area contributed by atoms with E-state index < -0.39 is 0 Å². The molecule has 1 aromatic rings. The van der Waals surface area contributed by atoms with Gasteiger partial charge in [-0.25, -0.2) is 0 Å². The highest BCUT2D eigenvalue weighted by Gasteiger charge is 2.13. The zero-order valence-electron chi connectivity index (χ0n) is 10.3. The fourth-order valence-electron chi connectivity index (χ4n) is 1.84. The van der Waals surface area contributed by atoms with Gasteiger partial charge in [-0.1, -0.05) is 42.6 Å². The largest absolute Gasteiger partial charge is 0.271 e. The van der Waals surface area contributed by atoms with Gasteiger partial charge in [-0.2, -0.15) is 0 Å². The van der Waals surface area contributed by atoms with E-state index in [0.29, 0.717) is 0 Å². The first-order valence-electron chi connectivity index (χ1n) is 5.95. The molecule has 2 nitrogen and oxygen atoms in total. The molecule has 0 radical (unpaired) electrons. The van der Waals surface area contributed by atoms with Crippen LogP contribution in [0, 0.1) is 9.49 Å². The van der Waals surface area contributed by atoms with E-state index in [9.17, 15) is 0 Å². The van der Waals surface area contributed by atoms with Crippen molar-refractivity contribution in [3.8, 4) is 0 Å². The molecule has 17 heavy (non-hydrogen) atoms. The third kappa shape index (κ3) is 5.24. The van der Waals surface area contributed by atoms with Crippen molar-refractivity contribution in [2.24, 2.45) is 11.8 Å². The Bertz CT molecular complexity index is 355. The maximum absolute atomic E-state index is 5.67. The summed E-state index contributed by atoms with van der Waals surface area (Å²) in [7, 11) is 0. The number of nitrogens with one attached hydrogen (secondary N) is 1. The molecule has 0 spiro atoms. The summed E-state index contributed by atoms with van der Waals surface area (Å²) < 4.78 is 2.37. The van der Waals surface area contributed by atoms with E-state index in [2.05, 4.69) is 76.0 Å². The van der Waals surface area contributed by atoms with E-state index in [1.165, 1.54) is 22.0 Å². The maximum Gasteiger partial charge on any atom is 0.0470 e. The van der Waals surface area contributed by atoms with Gasteiger partial charge in [0.15, 0.2) is 0 Å². The summed E-state index contributed by atoms with van der Waals surface area (Å²) in [4.78, 5) is 0. The average molecular weight is 411 g/mol. The van der Waals surface area contributed by atoms with Gasteiger partial charge in [0.25, 0.3) is 0 Å². The van der Waals surface area contributed by atoms with Gasteiger partial charge in [0.2, 0.25) is 0 Å². The summed E-state index contributed by atoms with van der Waals surface area (Å²) in [5, 5.41) is 0. The smallest absolute Gasteiger partial charge is 0.0470 e. The second-order valence-corrected chi connectivity index (χ2v) is 6.79. The molecule has 1 rings (SSSR count). The summed E-state index contributed by atoms with van der Waals surface area (Å²) in [6.45, 7) is 4.52. The molecule has 0 saturated carbocycles. The van der Waals surface area contributed by atoms with Crippen LogP contribution in [0.1, 0.15) is 44.7 Å². The van der Waals surface area contributed by atoms with Crippen molar-refractivity contribution >= 4 is 38.5 Å². The Morgan fingerprint density at radius 2 is 2.06 bits per heavy atom. The van der Waals surface area contributed by atoms with Crippen LogP contribution >= 0.6 is 38.5 Å². The lowest BCUT2D eigenvalue weighted by molar-refractivity contribution is 0.454. The van der Waals surface area contributed by atoms with Gasteiger partial charge in [0.05, 0.1) is 0 Å². The fourth-order valence-corrected chi connectivity index (χ4v) is 2.93. The lowest BCUT2D eigenvalue weighted by atomic mass is 9.98. The second kappa shape index (κ2) is 7.71. The number of nitrogens with two attached hydrogens (primary N) is 1. The molecule has 0 aliphatic heterocycles. The van der Waals surface area contributed by atoms with Gasteiger partial charge in [-0.05, 0) is 58.7 Å². The number of halogens is 2. The highest BCUT2D eigenvalue weighted by molar-refractivity contribution is 14.1. The predicted octanol–water partition coefficient (Wildman–Crippen LogP) is 4.38. The molecular weight excluding hydrogens is 391 g/mol. The van der Waals surface area contributed by atoms with Crippen LogP contribution in [0.15, 0.2) is 22.7 Å². The molecule has 1 aromatic carbocycles. The second-order valence-electron chi connectivity index (χ2n) is 4.71. The van der Waals surface area contributed by atoms with Crippen molar-refractivity contribution in [2.75, 3.05) is 0 Å². The molecule has 0 aliphatic carbocycles. The van der Waals surface area contributed by atoms with E-state index in [0.717, 1.165) is 16.8 Å². The zero-order chi connectivity index (χ0) is 12.8. The normalized spacial score (nSPS) is 13.1. The topological polar surface area (TPSA) is 38.0 Å². The predicted molar refractivity (Wildman–Crippen MR) is 85.6 cm³/mol. The average Bonchev–Trinajstić information content (AvgIpc) is 2.28. The highest BCUT2D eigenvalue weighted by Crippen LogP contribution is 2.27. The minimum Gasteiger partial charge on any atom is -0.271 e. The molecule has 0 heterocycles. The SMILES string of the molecule is CC(C)CCCC(NN)c1cc(Br)ccc1I. The lowest BCUT2D eigenvalue weighted by Crippen LogP contribution is -2.28. The fraction of sp³-hybridized carbons (Fsp3) is 0.538. The van der Waals surface area contributed by atoms with E-state index in [1.807, 2.05) is 0 Å². The first-order valence-corrected chi connectivity index (χ1v) is 7.82. The Balaban J connectivity index is 2.68. The molecule has 3 N–H and O–H groups in total. The van der Waals surface area contributed by atoms with Gasteiger partial charge in [-0.3, -0.25) is 11.3 Å². The van der Waals surface area contributed by atoms with Crippen molar-refractivity contribution in [1.82, 2.24) is 5.43 Å². The van der Waals surface area contributed by atoms with E-state index in [-0.39, 0.29) is 6.04 Å². The minimum atomic E-state index is 0.248. The number of rotatable bonds is 6. The van der Waals surface area contributed by atoms with Crippen LogP contribution in [-0.2, 0) is 0 Å². The van der Waals surface area contributed by atoms with Crippen LogP contribution in [0.5, 0.6) is 0 Å². The summed E-state index contributed by atoms with van der Waals surface area (Å²) in [5.74, 6) is 6.43. The van der Waals surface area contributed by atoms with Crippen molar-refractivity contribution in [1.29, 1.82) is 0 Å². The third-order valence-corrected chi connectivity index (χ3v) is 4.28. The van der Waals surface area contributed by atoms with Crippen LogP contribution in [0.25, 0.3) is 0 Å². The Hall–Kier alpha value is 0.350. The molecule has 1 atom stereocenters. The van der Waals surface area contributed by atoms with Crippen LogP contribution in [0.3, 0.4) is 0 Å². The molecule has 0 bridgehead atoms. The first-order chi connectivity index (χ1) is 8.04. The Labute approximate surface area is 126 Å². The zero-order valence-corrected chi connectivity index (χ0v) is 14.1. The van der Waals surface area contributed by atoms with Crippen molar-refractivity contribution in [3.05, 3.63) is 31.8 Å². The molecule has 0 saturated heterocycles. The standard InChI is InChI=1S/C13H20BrIN2/c1-9(2)4-3-5-13(17-16)11-8-10(14)6-7-12(11)15/h6-9,13,17H,3-5,16H2,1-2H3. The third-order valence-electron chi connectivity index (χ3n) is 2.81. The first kappa shape index (κ1) is 15.4. The summed E-state index contributed by atoms with van der Waals surface area (Å²) >= 11 is 5.88. The van der Waals surface area contributed by atoms with Crippen LogP contribution in [-0.4, -0.2) is 0 Å². The van der Waals surface area contributed by atoms with Crippen LogP contribution in [0.4, 0.5) is 0 Å². The summed E-state index contributed by atoms with van der Waals surface area (Å²) in [5.41, 5.74) is 4.22.